The fourth-order valence-corrected chi connectivity index (χ4v) is 5.37. The second-order valence-electron chi connectivity index (χ2n) is 10.1. The van der Waals surface area contributed by atoms with Crippen molar-refractivity contribution in [1.82, 2.24) is 4.98 Å². The molecule has 2 atom stereocenters. The molecule has 0 saturated heterocycles. The number of halogens is 15. The van der Waals surface area contributed by atoms with Gasteiger partial charge in [-0.3, -0.25) is 0 Å². The summed E-state index contributed by atoms with van der Waals surface area (Å²) in [6.07, 6.45) is -20.7. The Morgan fingerprint density at radius 1 is 0.632 bits per heavy atom. The second kappa shape index (κ2) is 10.2. The van der Waals surface area contributed by atoms with E-state index in [1.807, 2.05) is 0 Å². The Morgan fingerprint density at radius 3 is 1.26 bits per heavy atom. The van der Waals surface area contributed by atoms with Crippen molar-refractivity contribution in [2.45, 2.75) is 87.5 Å². The van der Waals surface area contributed by atoms with Crippen molar-refractivity contribution in [3.63, 3.8) is 0 Å². The van der Waals surface area contributed by atoms with Crippen molar-refractivity contribution >= 4 is 32.6 Å². The minimum atomic E-state index is -6.83. The highest BCUT2D eigenvalue weighted by molar-refractivity contribution is 9.10. The summed E-state index contributed by atoms with van der Waals surface area (Å²) in [6, 6.07) is 0.239. The zero-order valence-corrected chi connectivity index (χ0v) is 23.8. The number of rotatable bonds is 10. The monoisotopic (exact) mass is 685 g/mol. The predicted molar refractivity (Wildman–Crippen MR) is 115 cm³/mol. The molecule has 20 heteroatoms. The molecule has 1 N–H and O–H groups in total. The summed E-state index contributed by atoms with van der Waals surface area (Å²) >= 11 is 2.49. The third kappa shape index (κ3) is 6.88. The van der Waals surface area contributed by atoms with E-state index >= 15 is 0 Å². The molecular formula is C18H22BrF14NO2Si2. The molecular weight excluding hydrogens is 664 g/mol. The SMILES string of the molecule is C[Si](C)(C)OC(c1cc(Br)c(C(O[Si](C)(C)C)C(F)(F)C(F)(F)C(F)(F)F)[nH]1)C(F)(F)C(F)(F)C(F)(F)F. The van der Waals surface area contributed by atoms with Gasteiger partial charge in [-0.1, -0.05) is 0 Å². The van der Waals surface area contributed by atoms with E-state index in [0.29, 0.717) is 0 Å². The summed E-state index contributed by atoms with van der Waals surface area (Å²) in [5.74, 6) is -25.7. The summed E-state index contributed by atoms with van der Waals surface area (Å²) < 4.78 is 200. The van der Waals surface area contributed by atoms with Crippen LogP contribution in [-0.4, -0.2) is 57.7 Å². The molecule has 0 fully saturated rings. The minimum absolute atomic E-state index is 0.239. The summed E-state index contributed by atoms with van der Waals surface area (Å²) in [5, 5.41) is 0. The topological polar surface area (TPSA) is 34.2 Å². The molecule has 0 aliphatic carbocycles. The number of aromatic amines is 1. The van der Waals surface area contributed by atoms with E-state index in [9.17, 15) is 61.5 Å². The van der Waals surface area contributed by atoms with Crippen LogP contribution in [0.25, 0.3) is 0 Å². The van der Waals surface area contributed by atoms with Crippen LogP contribution in [0, 0.1) is 0 Å². The van der Waals surface area contributed by atoms with Gasteiger partial charge < -0.3 is 13.8 Å². The average Bonchev–Trinajstić information content (AvgIpc) is 3.01. The van der Waals surface area contributed by atoms with E-state index in [4.69, 9.17) is 8.85 Å². The molecule has 1 aromatic rings. The first-order valence-electron chi connectivity index (χ1n) is 10.2. The molecule has 1 rings (SSSR count). The summed E-state index contributed by atoms with van der Waals surface area (Å²) in [6.45, 7) is 6.56. The lowest BCUT2D eigenvalue weighted by molar-refractivity contribution is -0.371. The van der Waals surface area contributed by atoms with Crippen LogP contribution in [0.5, 0.6) is 0 Å². The van der Waals surface area contributed by atoms with Crippen LogP contribution in [-0.2, 0) is 8.85 Å². The number of hydrogen-bond acceptors (Lipinski definition) is 2. The van der Waals surface area contributed by atoms with Crippen molar-refractivity contribution in [1.29, 1.82) is 0 Å². The molecule has 0 spiro atoms. The minimum Gasteiger partial charge on any atom is -0.404 e. The van der Waals surface area contributed by atoms with E-state index in [1.165, 1.54) is 0 Å². The first-order valence-corrected chi connectivity index (χ1v) is 17.8. The van der Waals surface area contributed by atoms with Gasteiger partial charge in [0, 0.05) is 4.47 Å². The Kier molecular flexibility index (Phi) is 9.44. The molecule has 0 radical (unpaired) electrons. The number of alkyl halides is 14. The van der Waals surface area contributed by atoms with Gasteiger partial charge in [0.1, 0.15) is 0 Å². The second-order valence-corrected chi connectivity index (χ2v) is 19.9. The van der Waals surface area contributed by atoms with Crippen LogP contribution in [0.2, 0.25) is 39.3 Å². The van der Waals surface area contributed by atoms with Crippen molar-refractivity contribution in [2.24, 2.45) is 0 Å². The zero-order valence-electron chi connectivity index (χ0n) is 20.2. The number of nitrogens with one attached hydrogen (secondary N) is 1. The molecule has 0 aliphatic rings. The van der Waals surface area contributed by atoms with Gasteiger partial charge >= 0.3 is 36.0 Å². The van der Waals surface area contributed by atoms with Crippen molar-refractivity contribution in [2.75, 3.05) is 0 Å². The van der Waals surface area contributed by atoms with Crippen LogP contribution < -0.4 is 0 Å². The Balaban J connectivity index is 3.93. The van der Waals surface area contributed by atoms with E-state index in [-0.39, 0.29) is 6.07 Å². The van der Waals surface area contributed by atoms with Gasteiger partial charge in [0.25, 0.3) is 0 Å². The summed E-state index contributed by atoms with van der Waals surface area (Å²) in [5.41, 5.74) is -2.90. The fourth-order valence-electron chi connectivity index (χ4n) is 2.86. The van der Waals surface area contributed by atoms with E-state index in [0.717, 1.165) is 39.3 Å². The van der Waals surface area contributed by atoms with E-state index in [1.54, 1.807) is 4.98 Å². The third-order valence-corrected chi connectivity index (χ3v) is 7.06. The van der Waals surface area contributed by atoms with Crippen LogP contribution in [0.15, 0.2) is 10.5 Å². The Hall–Kier alpha value is -0.866. The van der Waals surface area contributed by atoms with Gasteiger partial charge in [-0.05, 0) is 61.3 Å². The predicted octanol–water partition coefficient (Wildman–Crippen LogP) is 9.23. The quantitative estimate of drug-likeness (QED) is 0.197. The van der Waals surface area contributed by atoms with Crippen molar-refractivity contribution in [3.05, 3.63) is 21.9 Å². The number of hydrogen-bond donors (Lipinski definition) is 1. The Labute approximate surface area is 217 Å². The van der Waals surface area contributed by atoms with E-state index in [2.05, 4.69) is 15.9 Å². The first kappa shape index (κ1) is 35.2. The average molecular weight is 686 g/mol. The van der Waals surface area contributed by atoms with Gasteiger partial charge in [-0.15, -0.1) is 0 Å². The molecule has 0 aliphatic heterocycles. The van der Waals surface area contributed by atoms with Crippen LogP contribution in [0.3, 0.4) is 0 Å². The van der Waals surface area contributed by atoms with E-state index < -0.39 is 80.7 Å². The molecule has 1 aromatic heterocycles. The molecule has 224 valence electrons. The van der Waals surface area contributed by atoms with Crippen molar-refractivity contribution in [3.8, 4) is 0 Å². The molecule has 3 nitrogen and oxygen atoms in total. The largest absolute Gasteiger partial charge is 0.459 e. The zero-order chi connectivity index (χ0) is 30.7. The maximum absolute atomic E-state index is 14.8. The lowest BCUT2D eigenvalue weighted by Crippen LogP contribution is -2.57. The van der Waals surface area contributed by atoms with Crippen LogP contribution >= 0.6 is 15.9 Å². The normalized spacial score (nSPS) is 17.1. The maximum Gasteiger partial charge on any atom is 0.459 e. The highest BCUT2D eigenvalue weighted by atomic mass is 79.9. The lowest BCUT2D eigenvalue weighted by Gasteiger charge is -2.37. The molecule has 0 amide bonds. The fraction of sp³-hybridized carbons (Fsp3) is 0.778. The van der Waals surface area contributed by atoms with Crippen molar-refractivity contribution < 1.29 is 70.3 Å². The van der Waals surface area contributed by atoms with Crippen LogP contribution in [0.1, 0.15) is 23.6 Å². The Morgan fingerprint density at radius 2 is 0.947 bits per heavy atom. The molecule has 1 heterocycles. The first-order chi connectivity index (χ1) is 16.3. The smallest absolute Gasteiger partial charge is 0.404 e. The van der Waals surface area contributed by atoms with Gasteiger partial charge in [0.15, 0.2) is 28.8 Å². The highest BCUT2D eigenvalue weighted by Gasteiger charge is 2.78. The molecule has 38 heavy (non-hydrogen) atoms. The maximum atomic E-state index is 14.8. The van der Waals surface area contributed by atoms with Gasteiger partial charge in [0.2, 0.25) is 0 Å². The number of H-pyrrole nitrogens is 1. The Bertz CT molecular complexity index is 980. The third-order valence-electron chi connectivity index (χ3n) is 4.51. The highest BCUT2D eigenvalue weighted by Crippen LogP contribution is 2.56. The summed E-state index contributed by atoms with van der Waals surface area (Å²) in [4.78, 5) is 1.57. The molecule has 0 aromatic carbocycles. The van der Waals surface area contributed by atoms with Gasteiger partial charge in [-0.25, -0.2) is 0 Å². The molecule has 2 unspecified atom stereocenters. The van der Waals surface area contributed by atoms with Gasteiger partial charge in [0.05, 0.1) is 11.4 Å². The standard InChI is InChI=1S/C18H22BrF14NO2Si2/c1-37(2,3)35-11(13(20,21)15(24,25)17(28,29)30)9-7-8(19)10(34-9)12(36-38(4,5)6)14(22,23)16(26,27)18(31,32)33/h7,11-12,34H,1-6H3. The van der Waals surface area contributed by atoms with Crippen LogP contribution in [0.4, 0.5) is 61.5 Å². The lowest BCUT2D eigenvalue weighted by atomic mass is 10.0. The van der Waals surface area contributed by atoms with Gasteiger partial charge in [-0.2, -0.15) is 61.5 Å². The summed E-state index contributed by atoms with van der Waals surface area (Å²) in [7, 11) is -6.96. The molecule has 0 bridgehead atoms. The number of aromatic nitrogens is 1. The molecule has 0 saturated carbocycles.